The van der Waals surface area contributed by atoms with Crippen LogP contribution in [0.4, 0.5) is 0 Å². The predicted molar refractivity (Wildman–Crippen MR) is 158 cm³/mol. The average Bonchev–Trinajstić information content (AvgIpc) is 3.40. The van der Waals surface area contributed by atoms with Crippen molar-refractivity contribution >= 4 is 10.9 Å². The van der Waals surface area contributed by atoms with Crippen LogP contribution in [-0.4, -0.2) is 39.6 Å². The zero-order valence-electron chi connectivity index (χ0n) is 22.3. The van der Waals surface area contributed by atoms with Gasteiger partial charge in [-0.1, -0.05) is 54.6 Å². The molecule has 0 saturated carbocycles. The van der Waals surface area contributed by atoms with Gasteiger partial charge in [-0.05, 0) is 47.0 Å². The van der Waals surface area contributed by atoms with E-state index in [-0.39, 0.29) is 0 Å². The Morgan fingerprint density at radius 3 is 2.08 bits per heavy atom. The lowest BCUT2D eigenvalue weighted by Crippen LogP contribution is -2.38. The molecule has 0 saturated heterocycles. The molecule has 7 heteroatoms. The third-order valence-corrected chi connectivity index (χ3v) is 6.75. The van der Waals surface area contributed by atoms with E-state index in [1.165, 1.54) is 27.6 Å². The fraction of sp³-hybridized carbons (Fsp3) is 0.250. The van der Waals surface area contributed by atoms with E-state index >= 15 is 0 Å². The molecule has 5 rings (SSSR count). The van der Waals surface area contributed by atoms with Crippen LogP contribution in [0.1, 0.15) is 28.1 Å². The largest absolute Gasteiger partial charge is 0.361 e. The maximum absolute atomic E-state index is 4.43. The number of hydrogen-bond acceptors (Lipinski definition) is 6. The van der Waals surface area contributed by atoms with E-state index in [2.05, 4.69) is 103 Å². The Morgan fingerprint density at radius 2 is 1.33 bits per heavy atom. The Hall–Kier alpha value is -3.88. The van der Waals surface area contributed by atoms with Gasteiger partial charge in [0.15, 0.2) is 0 Å². The maximum Gasteiger partial charge on any atom is 0.0542 e. The Bertz CT molecular complexity index is 1380. The zero-order valence-corrected chi connectivity index (χ0v) is 22.3. The van der Waals surface area contributed by atoms with Crippen LogP contribution in [0.2, 0.25) is 0 Å². The summed E-state index contributed by atoms with van der Waals surface area (Å²) in [6, 6.07) is 29.5. The third kappa shape index (κ3) is 8.30. The van der Waals surface area contributed by atoms with Crippen molar-refractivity contribution in [3.05, 3.63) is 132 Å². The first-order chi connectivity index (χ1) is 19.3. The number of H-pyrrole nitrogens is 1. The smallest absolute Gasteiger partial charge is 0.0542 e. The number of para-hydroxylation sites is 1. The van der Waals surface area contributed by atoms with E-state index in [0.29, 0.717) is 0 Å². The lowest BCUT2D eigenvalue weighted by Gasteiger charge is -2.23. The maximum atomic E-state index is 4.43. The molecule has 0 spiro atoms. The first kappa shape index (κ1) is 26.7. The minimum atomic E-state index is 0.750. The summed E-state index contributed by atoms with van der Waals surface area (Å²) in [4.78, 5) is 14.6. The van der Waals surface area contributed by atoms with Gasteiger partial charge >= 0.3 is 0 Å². The Balaban J connectivity index is 1.11. The molecule has 4 N–H and O–H groups in total. The van der Waals surface area contributed by atoms with E-state index in [0.717, 1.165) is 63.9 Å². The number of fused-ring (bicyclic) bond motifs is 1. The monoisotopic (exact) mass is 519 g/mol. The molecule has 7 nitrogen and oxygen atoms in total. The van der Waals surface area contributed by atoms with Gasteiger partial charge < -0.3 is 15.6 Å². The summed E-state index contributed by atoms with van der Waals surface area (Å²) in [7, 11) is 0. The highest BCUT2D eigenvalue weighted by atomic mass is 15.2. The second kappa shape index (κ2) is 14.3. The molecule has 0 amide bonds. The summed E-state index contributed by atoms with van der Waals surface area (Å²) >= 11 is 0. The standard InChI is InChI=1S/C32H37N7/c1-2-10-32-31(9-1)28(21-38-32)20-34-19-26-11-13-27(14-12-26)24-39(25-35-23-30-8-4-6-16-37-30)18-17-33-22-29-7-3-5-15-36-29/h1-16,21,33-35,38H,17-20,22-25H2. The SMILES string of the molecule is c1ccc(CNCCN(CNCc2ccccn2)Cc2ccc(CNCc3c[nH]c4ccccc34)cc2)nc1. The van der Waals surface area contributed by atoms with Crippen molar-refractivity contribution in [1.29, 1.82) is 0 Å². The number of rotatable bonds is 15. The Labute approximate surface area is 230 Å². The highest BCUT2D eigenvalue weighted by Crippen LogP contribution is 2.17. The number of pyridine rings is 2. The summed E-state index contributed by atoms with van der Waals surface area (Å²) in [5, 5.41) is 12.0. The van der Waals surface area contributed by atoms with Crippen LogP contribution in [-0.2, 0) is 32.7 Å². The average molecular weight is 520 g/mol. The summed E-state index contributed by atoms with van der Waals surface area (Å²) < 4.78 is 0. The molecule has 0 bridgehead atoms. The van der Waals surface area contributed by atoms with Gasteiger partial charge in [-0.2, -0.15) is 0 Å². The molecular weight excluding hydrogens is 482 g/mol. The first-order valence-electron chi connectivity index (χ1n) is 13.6. The van der Waals surface area contributed by atoms with Crippen molar-refractivity contribution in [1.82, 2.24) is 35.8 Å². The van der Waals surface area contributed by atoms with Gasteiger partial charge in [0.25, 0.3) is 0 Å². The Kier molecular flexibility index (Phi) is 9.81. The number of nitrogens with one attached hydrogen (secondary N) is 4. The molecule has 0 atom stereocenters. The van der Waals surface area contributed by atoms with E-state index in [9.17, 15) is 0 Å². The van der Waals surface area contributed by atoms with Crippen molar-refractivity contribution in [2.45, 2.75) is 32.7 Å². The highest BCUT2D eigenvalue weighted by molar-refractivity contribution is 5.82. The number of nitrogens with zero attached hydrogens (tertiary/aromatic N) is 3. The molecule has 39 heavy (non-hydrogen) atoms. The van der Waals surface area contributed by atoms with E-state index in [1.807, 2.05) is 36.7 Å². The topological polar surface area (TPSA) is 80.9 Å². The molecule has 2 aromatic carbocycles. The highest BCUT2D eigenvalue weighted by Gasteiger charge is 2.07. The fourth-order valence-corrected chi connectivity index (χ4v) is 4.66. The van der Waals surface area contributed by atoms with Gasteiger partial charge in [0.2, 0.25) is 0 Å². The van der Waals surface area contributed by atoms with Crippen LogP contribution in [0.5, 0.6) is 0 Å². The van der Waals surface area contributed by atoms with Crippen LogP contribution < -0.4 is 16.0 Å². The number of hydrogen-bond donors (Lipinski definition) is 4. The van der Waals surface area contributed by atoms with Crippen molar-refractivity contribution in [3.63, 3.8) is 0 Å². The molecule has 0 aliphatic heterocycles. The third-order valence-electron chi connectivity index (χ3n) is 6.75. The second-order valence-corrected chi connectivity index (χ2v) is 9.74. The van der Waals surface area contributed by atoms with Gasteiger partial charge in [-0.15, -0.1) is 0 Å². The lowest BCUT2D eigenvalue weighted by atomic mass is 10.1. The first-order valence-corrected chi connectivity index (χ1v) is 13.6. The minimum Gasteiger partial charge on any atom is -0.361 e. The normalized spacial score (nSPS) is 11.4. The summed E-state index contributed by atoms with van der Waals surface area (Å²) in [5.74, 6) is 0. The summed E-state index contributed by atoms with van der Waals surface area (Å²) in [6.45, 7) is 6.68. The van der Waals surface area contributed by atoms with Gasteiger partial charge in [0.05, 0.1) is 11.4 Å². The van der Waals surface area contributed by atoms with Crippen molar-refractivity contribution < 1.29 is 0 Å². The van der Waals surface area contributed by atoms with Gasteiger partial charge in [0, 0.05) is 82.0 Å². The molecule has 0 aliphatic rings. The van der Waals surface area contributed by atoms with Gasteiger partial charge in [0.1, 0.15) is 0 Å². The van der Waals surface area contributed by atoms with Crippen LogP contribution in [0.15, 0.2) is 104 Å². The van der Waals surface area contributed by atoms with Crippen molar-refractivity contribution in [3.8, 4) is 0 Å². The lowest BCUT2D eigenvalue weighted by molar-refractivity contribution is 0.242. The van der Waals surface area contributed by atoms with E-state index < -0.39 is 0 Å². The molecule has 0 aliphatic carbocycles. The fourth-order valence-electron chi connectivity index (χ4n) is 4.66. The van der Waals surface area contributed by atoms with E-state index in [1.54, 1.807) is 0 Å². The van der Waals surface area contributed by atoms with Crippen LogP contribution in [0, 0.1) is 0 Å². The van der Waals surface area contributed by atoms with Crippen LogP contribution in [0.25, 0.3) is 10.9 Å². The number of aromatic nitrogens is 3. The predicted octanol–water partition coefficient (Wildman–Crippen LogP) is 4.59. The molecule has 0 unspecified atom stereocenters. The second-order valence-electron chi connectivity index (χ2n) is 9.74. The molecule has 200 valence electrons. The van der Waals surface area contributed by atoms with Crippen molar-refractivity contribution in [2.24, 2.45) is 0 Å². The summed E-state index contributed by atoms with van der Waals surface area (Å²) in [6.07, 6.45) is 5.78. The Morgan fingerprint density at radius 1 is 0.641 bits per heavy atom. The van der Waals surface area contributed by atoms with Gasteiger partial charge in [-0.3, -0.25) is 20.2 Å². The molecule has 0 radical (unpaired) electrons. The number of aromatic amines is 1. The van der Waals surface area contributed by atoms with Crippen LogP contribution >= 0.6 is 0 Å². The molecule has 3 aromatic heterocycles. The molecule has 5 aromatic rings. The van der Waals surface area contributed by atoms with Gasteiger partial charge in [-0.25, -0.2) is 0 Å². The molecular formula is C32H37N7. The molecule has 0 fully saturated rings. The minimum absolute atomic E-state index is 0.750. The summed E-state index contributed by atoms with van der Waals surface area (Å²) in [5.41, 5.74) is 7.19. The number of benzene rings is 2. The van der Waals surface area contributed by atoms with Crippen molar-refractivity contribution in [2.75, 3.05) is 19.8 Å². The van der Waals surface area contributed by atoms with E-state index in [4.69, 9.17) is 0 Å². The van der Waals surface area contributed by atoms with Crippen LogP contribution in [0.3, 0.4) is 0 Å². The quantitative estimate of drug-likeness (QED) is 0.120. The molecule has 3 heterocycles. The zero-order chi connectivity index (χ0) is 26.5.